The fourth-order valence-electron chi connectivity index (χ4n) is 4.79. The maximum atomic E-state index is 12.4. The normalized spacial score (nSPS) is 23.1. The molecule has 0 spiro atoms. The molecule has 3 aromatic heterocycles. The molecule has 2 aliphatic rings. The smallest absolute Gasteiger partial charge is 0.389 e. The largest absolute Gasteiger partial charge is 0.490 e. The molecule has 32 heavy (non-hydrogen) atoms. The number of piperidine rings is 1. The molecule has 1 aliphatic heterocycles. The van der Waals surface area contributed by atoms with Crippen LogP contribution in [0.5, 0.6) is 5.75 Å². The number of anilines is 2. The van der Waals surface area contributed by atoms with Crippen LogP contribution in [0, 0.1) is 18.8 Å². The number of rotatable bonds is 7. The minimum absolute atomic E-state index is 0.0194. The summed E-state index contributed by atoms with van der Waals surface area (Å²) in [6, 6.07) is 3.76. The van der Waals surface area contributed by atoms with Crippen LogP contribution < -0.4 is 15.0 Å². The first-order valence-corrected chi connectivity index (χ1v) is 11.7. The third-order valence-electron chi connectivity index (χ3n) is 6.24. The van der Waals surface area contributed by atoms with Gasteiger partial charge in [0.25, 0.3) is 0 Å². The predicted octanol–water partition coefficient (Wildman–Crippen LogP) is 4.54. The molecule has 11 heteroatoms. The highest BCUT2D eigenvalue weighted by atomic mass is 32.1. The van der Waals surface area contributed by atoms with Gasteiger partial charge in [-0.25, -0.2) is 9.50 Å². The Balaban J connectivity index is 1.25. The Morgan fingerprint density at radius 1 is 1.25 bits per heavy atom. The monoisotopic (exact) mass is 466 g/mol. The van der Waals surface area contributed by atoms with E-state index in [1.54, 1.807) is 34.2 Å². The molecule has 172 valence electrons. The van der Waals surface area contributed by atoms with Gasteiger partial charge < -0.3 is 15.0 Å². The molecule has 5 rings (SSSR count). The summed E-state index contributed by atoms with van der Waals surface area (Å²) in [6.45, 7) is 3.97. The number of fused-ring (bicyclic) bond motifs is 3. The third-order valence-corrected chi connectivity index (χ3v) is 7.21. The number of aromatic nitrogens is 4. The Morgan fingerprint density at radius 2 is 2.03 bits per heavy atom. The summed E-state index contributed by atoms with van der Waals surface area (Å²) in [4.78, 5) is 11.4. The molecule has 3 aromatic rings. The second-order valence-corrected chi connectivity index (χ2v) is 9.75. The molecule has 0 radical (unpaired) electrons. The zero-order chi connectivity index (χ0) is 22.3. The van der Waals surface area contributed by atoms with E-state index in [0.717, 1.165) is 30.9 Å². The van der Waals surface area contributed by atoms with Crippen LogP contribution in [0.25, 0.3) is 5.65 Å². The number of hydrogen-bond acceptors (Lipinski definition) is 7. The minimum Gasteiger partial charge on any atom is -0.490 e. The molecule has 1 aliphatic carbocycles. The van der Waals surface area contributed by atoms with Gasteiger partial charge in [-0.05, 0) is 50.2 Å². The highest BCUT2D eigenvalue weighted by Crippen LogP contribution is 2.41. The van der Waals surface area contributed by atoms with Crippen molar-refractivity contribution in [3.63, 3.8) is 0 Å². The molecule has 1 saturated heterocycles. The summed E-state index contributed by atoms with van der Waals surface area (Å²) in [5.74, 6) is 1.97. The second-order valence-electron chi connectivity index (χ2n) is 8.53. The van der Waals surface area contributed by atoms with Crippen LogP contribution in [-0.4, -0.2) is 51.5 Å². The molecule has 0 amide bonds. The number of nitrogens with zero attached hydrogens (tertiary/aromatic N) is 5. The topological polar surface area (TPSA) is 67.6 Å². The van der Waals surface area contributed by atoms with E-state index < -0.39 is 12.6 Å². The van der Waals surface area contributed by atoms with Crippen molar-refractivity contribution >= 4 is 27.9 Å². The van der Waals surface area contributed by atoms with E-state index in [-0.39, 0.29) is 13.0 Å². The third kappa shape index (κ3) is 4.48. The van der Waals surface area contributed by atoms with Crippen molar-refractivity contribution in [2.24, 2.45) is 11.8 Å². The molecule has 2 bridgehead atoms. The van der Waals surface area contributed by atoms with E-state index >= 15 is 0 Å². The van der Waals surface area contributed by atoms with Crippen molar-refractivity contribution in [3.8, 4) is 5.75 Å². The van der Waals surface area contributed by atoms with Gasteiger partial charge in [-0.1, -0.05) is 0 Å². The van der Waals surface area contributed by atoms with Gasteiger partial charge in [0.05, 0.1) is 17.8 Å². The maximum Gasteiger partial charge on any atom is 0.389 e. The Labute approximate surface area is 187 Å². The number of nitrogens with one attached hydrogen (secondary N) is 1. The van der Waals surface area contributed by atoms with Gasteiger partial charge in [0, 0.05) is 31.7 Å². The molecule has 2 fully saturated rings. The van der Waals surface area contributed by atoms with Crippen LogP contribution in [0.1, 0.15) is 30.7 Å². The summed E-state index contributed by atoms with van der Waals surface area (Å²) in [6.07, 6.45) is 0.930. The highest BCUT2D eigenvalue weighted by molar-refractivity contribution is 7.15. The molecule has 3 atom stereocenters. The zero-order valence-corrected chi connectivity index (χ0v) is 18.5. The zero-order valence-electron chi connectivity index (χ0n) is 17.7. The minimum atomic E-state index is -4.17. The van der Waals surface area contributed by atoms with Gasteiger partial charge in [0.2, 0.25) is 5.95 Å². The van der Waals surface area contributed by atoms with Crippen LogP contribution >= 0.6 is 11.3 Å². The van der Waals surface area contributed by atoms with Gasteiger partial charge >= 0.3 is 6.18 Å². The molecule has 0 aromatic carbocycles. The number of halogens is 3. The lowest BCUT2D eigenvalue weighted by atomic mass is 9.92. The molecule has 1 N–H and O–H groups in total. The first-order chi connectivity index (χ1) is 15.4. The second kappa shape index (κ2) is 8.42. The molecule has 7 nitrogen and oxygen atoms in total. The summed E-state index contributed by atoms with van der Waals surface area (Å²) >= 11 is 1.74. The van der Waals surface area contributed by atoms with Crippen LogP contribution in [-0.2, 0) is 0 Å². The van der Waals surface area contributed by atoms with Crippen molar-refractivity contribution < 1.29 is 17.9 Å². The van der Waals surface area contributed by atoms with Gasteiger partial charge in [-0.3, -0.25) is 0 Å². The summed E-state index contributed by atoms with van der Waals surface area (Å²) in [5.41, 5.74) is 0.506. The van der Waals surface area contributed by atoms with Crippen LogP contribution in [0.15, 0.2) is 24.5 Å². The highest BCUT2D eigenvalue weighted by Gasteiger charge is 2.43. The van der Waals surface area contributed by atoms with Gasteiger partial charge in [-0.15, -0.1) is 16.4 Å². The summed E-state index contributed by atoms with van der Waals surface area (Å²) in [7, 11) is 0. The van der Waals surface area contributed by atoms with Crippen molar-refractivity contribution in [2.45, 2.75) is 44.8 Å². The fourth-order valence-corrected chi connectivity index (χ4v) is 5.59. The Morgan fingerprint density at radius 3 is 2.72 bits per heavy atom. The van der Waals surface area contributed by atoms with E-state index in [4.69, 9.17) is 4.74 Å². The average molecular weight is 467 g/mol. The van der Waals surface area contributed by atoms with Crippen molar-refractivity contribution in [1.82, 2.24) is 19.6 Å². The van der Waals surface area contributed by atoms with Crippen molar-refractivity contribution in [2.75, 3.05) is 29.9 Å². The quantitative estimate of drug-likeness (QED) is 0.516. The maximum absolute atomic E-state index is 12.4. The number of thiazole rings is 1. The van der Waals surface area contributed by atoms with Crippen LogP contribution in [0.3, 0.4) is 0 Å². The van der Waals surface area contributed by atoms with Gasteiger partial charge in [0.1, 0.15) is 5.00 Å². The standard InChI is InChI=1S/C21H25F3N6OS/c1-13-25-10-17(32-13)29-11-14-5-6-15(12-29)18(14)26-20-27-19-16(4-2-8-30(19)28-20)31-9-3-7-21(22,23)24/h2,4,8,10,14-15,18H,3,5-7,9,11-12H2,1H3,(H,26,28)/t14-,15?,18?/m0/s1. The Kier molecular flexibility index (Phi) is 5.60. The lowest BCUT2D eigenvalue weighted by molar-refractivity contribution is -0.136. The number of pyridine rings is 1. The number of aryl methyl sites for hydroxylation is 1. The Bertz CT molecular complexity index is 1070. The molecule has 4 heterocycles. The Hall–Kier alpha value is -2.56. The van der Waals surface area contributed by atoms with E-state index in [9.17, 15) is 13.2 Å². The predicted molar refractivity (Wildman–Crippen MR) is 116 cm³/mol. The average Bonchev–Trinajstić information content (AvgIpc) is 3.41. The van der Waals surface area contributed by atoms with Crippen molar-refractivity contribution in [1.29, 1.82) is 0 Å². The van der Waals surface area contributed by atoms with E-state index in [1.165, 1.54) is 5.00 Å². The van der Waals surface area contributed by atoms with Crippen LogP contribution in [0.2, 0.25) is 0 Å². The first-order valence-electron chi connectivity index (χ1n) is 10.8. The molecular formula is C21H25F3N6OS. The van der Waals surface area contributed by atoms with E-state index in [1.807, 2.05) is 13.1 Å². The summed E-state index contributed by atoms with van der Waals surface area (Å²) in [5, 5.41) is 10.4. The number of hydrogen-bond donors (Lipinski definition) is 1. The van der Waals surface area contributed by atoms with E-state index in [2.05, 4.69) is 25.3 Å². The lowest BCUT2D eigenvalue weighted by Crippen LogP contribution is -2.48. The van der Waals surface area contributed by atoms with E-state index in [0.29, 0.717) is 35.2 Å². The fraction of sp³-hybridized carbons (Fsp3) is 0.571. The lowest BCUT2D eigenvalue weighted by Gasteiger charge is -2.38. The SMILES string of the molecule is Cc1ncc(N2CC3CC[C@@H](C2)C3Nc2nc3c(OCCCC(F)(F)F)cccn3n2)s1. The van der Waals surface area contributed by atoms with Crippen molar-refractivity contribution in [3.05, 3.63) is 29.5 Å². The van der Waals surface area contributed by atoms with Gasteiger partial charge in [-0.2, -0.15) is 18.2 Å². The van der Waals surface area contributed by atoms with Crippen LogP contribution in [0.4, 0.5) is 24.1 Å². The first kappa shape index (κ1) is 21.3. The molecule has 2 unspecified atom stereocenters. The van der Waals surface area contributed by atoms with Gasteiger partial charge in [0.15, 0.2) is 11.4 Å². The molecular weight excluding hydrogens is 441 g/mol. The number of ether oxygens (including phenoxy) is 1. The summed E-state index contributed by atoms with van der Waals surface area (Å²) < 4.78 is 44.2. The number of alkyl halides is 3. The molecule has 1 saturated carbocycles.